The van der Waals surface area contributed by atoms with Crippen LogP contribution in [0.3, 0.4) is 0 Å². The van der Waals surface area contributed by atoms with Gasteiger partial charge in [-0.2, -0.15) is 0 Å². The molecule has 0 saturated heterocycles. The number of nitrogens with one attached hydrogen (secondary N) is 1. The Morgan fingerprint density at radius 3 is 2.71 bits per heavy atom. The fourth-order valence-electron chi connectivity index (χ4n) is 2.51. The first-order valence-electron chi connectivity index (χ1n) is 7.18. The van der Waals surface area contributed by atoms with E-state index in [1.807, 2.05) is 0 Å². The molecule has 21 heavy (non-hydrogen) atoms. The average Bonchev–Trinajstić information content (AvgIpc) is 3.02. The minimum Gasteiger partial charge on any atom is -0.342 e. The fourth-order valence-corrected chi connectivity index (χ4v) is 4.00. The van der Waals surface area contributed by atoms with Crippen molar-refractivity contribution in [2.24, 2.45) is 0 Å². The minimum absolute atomic E-state index is 0.500. The molecule has 0 fully saturated rings. The van der Waals surface area contributed by atoms with E-state index in [1.165, 1.54) is 25.1 Å². The van der Waals surface area contributed by atoms with E-state index in [4.69, 9.17) is 0 Å². The van der Waals surface area contributed by atoms with E-state index in [-0.39, 0.29) is 0 Å². The van der Waals surface area contributed by atoms with Gasteiger partial charge in [0.25, 0.3) is 0 Å². The molecule has 0 aliphatic heterocycles. The van der Waals surface area contributed by atoms with Crippen molar-refractivity contribution >= 4 is 38.2 Å². The van der Waals surface area contributed by atoms with Gasteiger partial charge in [0.2, 0.25) is 0 Å². The van der Waals surface area contributed by atoms with Crippen LogP contribution in [0.1, 0.15) is 24.3 Å². The van der Waals surface area contributed by atoms with Gasteiger partial charge in [0, 0.05) is 34.6 Å². The van der Waals surface area contributed by atoms with Crippen LogP contribution in [0.5, 0.6) is 0 Å². The van der Waals surface area contributed by atoms with Crippen LogP contribution in [0.2, 0.25) is 0 Å². The van der Waals surface area contributed by atoms with E-state index in [9.17, 15) is 0 Å². The Morgan fingerprint density at radius 1 is 1.19 bits per heavy atom. The summed E-state index contributed by atoms with van der Waals surface area (Å²) in [6.45, 7) is 6.21. The van der Waals surface area contributed by atoms with E-state index in [2.05, 4.69) is 82.3 Å². The maximum Gasteiger partial charge on any atom is 0.0702 e. The lowest BCUT2D eigenvalue weighted by Crippen LogP contribution is -2.21. The second kappa shape index (κ2) is 6.34. The van der Waals surface area contributed by atoms with Crippen LogP contribution in [0.4, 0.5) is 0 Å². The number of nitrogens with zero attached hydrogens (tertiary/aromatic N) is 1. The highest BCUT2D eigenvalue weighted by molar-refractivity contribution is 9.11. The Hall–Kier alpha value is -1.10. The SMILES string of the molecule is CC(C)NCc1cn(Cc2ccc(Br)s2)c2ccccc12. The topological polar surface area (TPSA) is 17.0 Å². The number of fused-ring (bicyclic) bond motifs is 1. The van der Waals surface area contributed by atoms with Gasteiger partial charge >= 0.3 is 0 Å². The normalized spacial score (nSPS) is 11.6. The molecule has 1 aromatic carbocycles. The highest BCUT2D eigenvalue weighted by atomic mass is 79.9. The first-order valence-corrected chi connectivity index (χ1v) is 8.79. The molecule has 2 nitrogen and oxygen atoms in total. The standard InChI is InChI=1S/C17H19BrN2S/c1-12(2)19-9-13-10-20(11-14-7-8-17(18)21-14)16-6-4-3-5-15(13)16/h3-8,10,12,19H,9,11H2,1-2H3. The molecule has 0 radical (unpaired) electrons. The number of hydrogen-bond donors (Lipinski definition) is 1. The van der Waals surface area contributed by atoms with Crippen LogP contribution in [0.15, 0.2) is 46.4 Å². The zero-order valence-electron chi connectivity index (χ0n) is 12.3. The highest BCUT2D eigenvalue weighted by Gasteiger charge is 2.09. The quantitative estimate of drug-likeness (QED) is 0.674. The van der Waals surface area contributed by atoms with Gasteiger partial charge in [-0.1, -0.05) is 32.0 Å². The molecule has 3 aromatic rings. The van der Waals surface area contributed by atoms with Gasteiger partial charge in [-0.25, -0.2) is 0 Å². The highest BCUT2D eigenvalue weighted by Crippen LogP contribution is 2.26. The molecule has 1 N–H and O–H groups in total. The van der Waals surface area contributed by atoms with Crippen LogP contribution < -0.4 is 5.32 Å². The molecule has 0 unspecified atom stereocenters. The number of thiophene rings is 1. The van der Waals surface area contributed by atoms with Crippen LogP contribution in [0, 0.1) is 0 Å². The number of hydrogen-bond acceptors (Lipinski definition) is 2. The molecule has 0 aliphatic rings. The predicted octanol–water partition coefficient (Wildman–Crippen LogP) is 5.01. The van der Waals surface area contributed by atoms with Gasteiger partial charge in [0.05, 0.1) is 10.3 Å². The summed E-state index contributed by atoms with van der Waals surface area (Å²) in [5.41, 5.74) is 2.68. The van der Waals surface area contributed by atoms with E-state index < -0.39 is 0 Å². The number of aromatic nitrogens is 1. The number of para-hydroxylation sites is 1. The Kier molecular flexibility index (Phi) is 4.48. The molecule has 4 heteroatoms. The lowest BCUT2D eigenvalue weighted by Gasteiger charge is -2.06. The largest absolute Gasteiger partial charge is 0.342 e. The van der Waals surface area contributed by atoms with Crippen molar-refractivity contribution in [2.45, 2.75) is 33.0 Å². The average molecular weight is 363 g/mol. The second-order valence-electron chi connectivity index (χ2n) is 5.54. The molecule has 0 saturated carbocycles. The second-order valence-corrected chi connectivity index (χ2v) is 8.09. The van der Waals surface area contributed by atoms with Crippen LogP contribution in [0.25, 0.3) is 10.9 Å². The summed E-state index contributed by atoms with van der Waals surface area (Å²) in [6.07, 6.45) is 2.29. The minimum atomic E-state index is 0.500. The molecule has 0 bridgehead atoms. The third-order valence-electron chi connectivity index (χ3n) is 3.53. The van der Waals surface area contributed by atoms with Crippen molar-refractivity contribution in [3.05, 3.63) is 56.8 Å². The summed E-state index contributed by atoms with van der Waals surface area (Å²) in [5.74, 6) is 0. The molecule has 0 spiro atoms. The Balaban J connectivity index is 1.94. The first-order chi connectivity index (χ1) is 10.1. The molecule has 110 valence electrons. The summed E-state index contributed by atoms with van der Waals surface area (Å²) in [6, 6.07) is 13.5. The third kappa shape index (κ3) is 3.39. The molecule has 2 aromatic heterocycles. The molecule has 0 amide bonds. The van der Waals surface area contributed by atoms with E-state index in [1.54, 1.807) is 11.3 Å². The summed E-state index contributed by atoms with van der Waals surface area (Å²) in [4.78, 5) is 1.37. The summed E-state index contributed by atoms with van der Waals surface area (Å²) in [5, 5.41) is 4.87. The fraction of sp³-hybridized carbons (Fsp3) is 0.294. The van der Waals surface area contributed by atoms with Crippen molar-refractivity contribution in [1.82, 2.24) is 9.88 Å². The third-order valence-corrected chi connectivity index (χ3v) is 5.14. The lowest BCUT2D eigenvalue weighted by atomic mass is 10.2. The van der Waals surface area contributed by atoms with Gasteiger partial charge in [-0.3, -0.25) is 0 Å². The number of benzene rings is 1. The van der Waals surface area contributed by atoms with Crippen molar-refractivity contribution in [3.8, 4) is 0 Å². The van der Waals surface area contributed by atoms with Crippen molar-refractivity contribution in [2.75, 3.05) is 0 Å². The Bertz CT molecular complexity index is 742. The van der Waals surface area contributed by atoms with E-state index >= 15 is 0 Å². The van der Waals surface area contributed by atoms with Gasteiger partial charge < -0.3 is 9.88 Å². The Labute approximate surface area is 137 Å². The smallest absolute Gasteiger partial charge is 0.0702 e. The Morgan fingerprint density at radius 2 is 2.00 bits per heavy atom. The van der Waals surface area contributed by atoms with E-state index in [0.717, 1.165) is 13.1 Å². The van der Waals surface area contributed by atoms with Crippen molar-refractivity contribution in [3.63, 3.8) is 0 Å². The first kappa shape index (κ1) is 14.8. The number of halogens is 1. The van der Waals surface area contributed by atoms with Gasteiger partial charge in [-0.05, 0) is 39.7 Å². The maximum atomic E-state index is 3.54. The molecular weight excluding hydrogens is 344 g/mol. The maximum absolute atomic E-state index is 3.54. The van der Waals surface area contributed by atoms with Gasteiger partial charge in [0.1, 0.15) is 0 Å². The summed E-state index contributed by atoms with van der Waals surface area (Å²) >= 11 is 5.34. The number of rotatable bonds is 5. The summed E-state index contributed by atoms with van der Waals surface area (Å²) in [7, 11) is 0. The van der Waals surface area contributed by atoms with Crippen LogP contribution in [-0.4, -0.2) is 10.6 Å². The van der Waals surface area contributed by atoms with Crippen molar-refractivity contribution < 1.29 is 0 Å². The van der Waals surface area contributed by atoms with E-state index in [0.29, 0.717) is 6.04 Å². The predicted molar refractivity (Wildman–Crippen MR) is 95.0 cm³/mol. The lowest BCUT2D eigenvalue weighted by molar-refractivity contribution is 0.589. The zero-order chi connectivity index (χ0) is 14.8. The van der Waals surface area contributed by atoms with Gasteiger partial charge in [-0.15, -0.1) is 11.3 Å². The summed E-state index contributed by atoms with van der Waals surface area (Å²) < 4.78 is 3.54. The molecule has 0 atom stereocenters. The molecular formula is C17H19BrN2S. The monoisotopic (exact) mass is 362 g/mol. The van der Waals surface area contributed by atoms with Crippen LogP contribution >= 0.6 is 27.3 Å². The molecule has 2 heterocycles. The van der Waals surface area contributed by atoms with Crippen molar-refractivity contribution in [1.29, 1.82) is 0 Å². The van der Waals surface area contributed by atoms with Crippen LogP contribution in [-0.2, 0) is 13.1 Å². The molecule has 3 rings (SSSR count). The zero-order valence-corrected chi connectivity index (χ0v) is 14.7. The van der Waals surface area contributed by atoms with Gasteiger partial charge in [0.15, 0.2) is 0 Å². The molecule has 0 aliphatic carbocycles.